The molecular formula is C20H22BrN3O3. The van der Waals surface area contributed by atoms with Crippen LogP contribution in [0.1, 0.15) is 35.9 Å². The van der Waals surface area contributed by atoms with Crippen molar-refractivity contribution in [2.45, 2.75) is 38.8 Å². The number of hydrogen-bond donors (Lipinski definition) is 1. The minimum absolute atomic E-state index is 0.0662. The summed E-state index contributed by atoms with van der Waals surface area (Å²) in [5.74, 6) is 0.841. The number of nitrogens with zero attached hydrogens (tertiary/aromatic N) is 3. The van der Waals surface area contributed by atoms with E-state index in [1.807, 2.05) is 42.8 Å². The van der Waals surface area contributed by atoms with Crippen molar-refractivity contribution >= 4 is 22.0 Å². The smallest absolute Gasteiger partial charge is 0.407 e. The normalized spacial score (nSPS) is 15.9. The van der Waals surface area contributed by atoms with E-state index in [1.54, 1.807) is 0 Å². The van der Waals surface area contributed by atoms with Crippen LogP contribution in [-0.4, -0.2) is 33.3 Å². The van der Waals surface area contributed by atoms with E-state index >= 15 is 0 Å². The Morgan fingerprint density at radius 3 is 2.93 bits per heavy atom. The Bertz CT molecular complexity index is 901. The van der Waals surface area contributed by atoms with Gasteiger partial charge in [0, 0.05) is 35.4 Å². The van der Waals surface area contributed by atoms with Crippen molar-refractivity contribution in [3.05, 3.63) is 51.3 Å². The molecule has 6 nitrogen and oxygen atoms in total. The average molecular weight is 432 g/mol. The maximum Gasteiger partial charge on any atom is 0.407 e. The molecule has 0 saturated heterocycles. The van der Waals surface area contributed by atoms with Gasteiger partial charge in [-0.1, -0.05) is 12.1 Å². The van der Waals surface area contributed by atoms with Crippen LogP contribution < -0.4 is 4.74 Å². The molecule has 27 heavy (non-hydrogen) atoms. The second-order valence-corrected chi connectivity index (χ2v) is 7.66. The average Bonchev–Trinajstić information content (AvgIpc) is 2.91. The highest BCUT2D eigenvalue weighted by Gasteiger charge is 2.28. The lowest BCUT2D eigenvalue weighted by Gasteiger charge is -2.33. The van der Waals surface area contributed by atoms with E-state index in [1.165, 1.54) is 4.90 Å². The lowest BCUT2D eigenvalue weighted by Crippen LogP contribution is -2.41. The molecule has 1 N–H and O–H groups in total. The third kappa shape index (κ3) is 3.96. The summed E-state index contributed by atoms with van der Waals surface area (Å²) in [5, 5.41) is 18.4. The number of ether oxygens (including phenoxy) is 1. The van der Waals surface area contributed by atoms with Crippen LogP contribution >= 0.6 is 15.9 Å². The second-order valence-electron chi connectivity index (χ2n) is 6.80. The zero-order valence-electron chi connectivity index (χ0n) is 15.4. The number of halogens is 1. The van der Waals surface area contributed by atoms with Gasteiger partial charge in [-0.25, -0.2) is 4.79 Å². The lowest BCUT2D eigenvalue weighted by molar-refractivity contribution is 0.119. The number of carbonyl (C=O) groups is 1. The van der Waals surface area contributed by atoms with Crippen LogP contribution in [-0.2, 0) is 26.4 Å². The van der Waals surface area contributed by atoms with Gasteiger partial charge in [0.1, 0.15) is 17.5 Å². The number of carboxylic acid groups (broad SMARTS) is 1. The molecule has 1 aliphatic rings. The number of amides is 1. The van der Waals surface area contributed by atoms with Gasteiger partial charge < -0.3 is 19.3 Å². The summed E-state index contributed by atoms with van der Waals surface area (Å²) in [7, 11) is 1.89. The molecule has 0 bridgehead atoms. The highest BCUT2D eigenvalue weighted by Crippen LogP contribution is 2.31. The maximum absolute atomic E-state index is 11.4. The summed E-state index contributed by atoms with van der Waals surface area (Å²) >= 11 is 3.51. The number of aromatic nitrogens is 1. The molecule has 3 rings (SSSR count). The molecule has 1 atom stereocenters. The molecule has 1 aliphatic heterocycles. The number of nitriles is 1. The third-order valence-electron chi connectivity index (χ3n) is 5.08. The predicted molar refractivity (Wildman–Crippen MR) is 105 cm³/mol. The van der Waals surface area contributed by atoms with Crippen molar-refractivity contribution < 1.29 is 14.6 Å². The first-order valence-corrected chi connectivity index (χ1v) is 9.69. The van der Waals surface area contributed by atoms with E-state index in [0.29, 0.717) is 25.3 Å². The van der Waals surface area contributed by atoms with E-state index in [0.717, 1.165) is 39.9 Å². The van der Waals surface area contributed by atoms with Crippen molar-refractivity contribution in [3.63, 3.8) is 0 Å². The monoisotopic (exact) mass is 431 g/mol. The fourth-order valence-corrected chi connectivity index (χ4v) is 4.23. The molecule has 0 saturated carbocycles. The predicted octanol–water partition coefficient (Wildman–Crippen LogP) is 4.10. The Labute approximate surface area is 167 Å². The summed E-state index contributed by atoms with van der Waals surface area (Å²) in [5.41, 5.74) is 3.83. The van der Waals surface area contributed by atoms with Crippen LogP contribution in [0.3, 0.4) is 0 Å². The number of benzene rings is 1. The van der Waals surface area contributed by atoms with E-state index in [-0.39, 0.29) is 6.04 Å². The third-order valence-corrected chi connectivity index (χ3v) is 5.77. The molecule has 0 aliphatic carbocycles. The SMILES string of the molecule is CC1Cc2c(cccc2OCCCc2c(Br)cc(C#N)n2C)CN1C(=O)O. The number of rotatable bonds is 5. The van der Waals surface area contributed by atoms with Crippen LogP contribution in [0.25, 0.3) is 0 Å². The second kappa shape index (κ2) is 8.05. The molecular weight excluding hydrogens is 410 g/mol. The number of fused-ring (bicyclic) bond motifs is 1. The van der Waals surface area contributed by atoms with E-state index in [4.69, 9.17) is 10.00 Å². The summed E-state index contributed by atoms with van der Waals surface area (Å²) < 4.78 is 8.87. The van der Waals surface area contributed by atoms with Gasteiger partial charge in [0.05, 0.1) is 6.61 Å². The molecule has 0 fully saturated rings. The first-order chi connectivity index (χ1) is 12.9. The van der Waals surface area contributed by atoms with Crippen LogP contribution in [0.4, 0.5) is 4.79 Å². The zero-order valence-corrected chi connectivity index (χ0v) is 17.0. The van der Waals surface area contributed by atoms with Crippen LogP contribution in [0.2, 0.25) is 0 Å². The molecule has 0 radical (unpaired) electrons. The molecule has 1 aromatic carbocycles. The Kier molecular flexibility index (Phi) is 5.76. The molecule has 0 spiro atoms. The van der Waals surface area contributed by atoms with Gasteiger partial charge in [-0.15, -0.1) is 0 Å². The van der Waals surface area contributed by atoms with Crippen LogP contribution in [0.15, 0.2) is 28.7 Å². The minimum atomic E-state index is -0.885. The van der Waals surface area contributed by atoms with Crippen molar-refractivity contribution in [2.24, 2.45) is 7.05 Å². The van der Waals surface area contributed by atoms with Gasteiger partial charge in [-0.05, 0) is 59.8 Å². The Morgan fingerprint density at radius 2 is 2.26 bits per heavy atom. The molecule has 1 amide bonds. The standard InChI is InChI=1S/C20H22BrN3O3/c1-13-9-16-14(12-24(13)20(25)26)5-3-7-19(16)27-8-4-6-18-17(21)10-15(11-22)23(18)2/h3,5,7,10,13H,4,6,8-9,12H2,1-2H3,(H,25,26). The van der Waals surface area contributed by atoms with Gasteiger partial charge in [0.25, 0.3) is 0 Å². The molecule has 2 aromatic rings. The zero-order chi connectivity index (χ0) is 19.6. The van der Waals surface area contributed by atoms with Crippen molar-refractivity contribution in [1.82, 2.24) is 9.47 Å². The van der Waals surface area contributed by atoms with Crippen LogP contribution in [0, 0.1) is 11.3 Å². The first-order valence-electron chi connectivity index (χ1n) is 8.89. The van der Waals surface area contributed by atoms with Gasteiger partial charge in [0.15, 0.2) is 0 Å². The van der Waals surface area contributed by atoms with Gasteiger partial charge >= 0.3 is 6.09 Å². The lowest BCUT2D eigenvalue weighted by atomic mass is 9.94. The van der Waals surface area contributed by atoms with Crippen molar-refractivity contribution in [2.75, 3.05) is 6.61 Å². The summed E-state index contributed by atoms with van der Waals surface area (Å²) in [6.45, 7) is 2.89. The first kappa shape index (κ1) is 19.3. The molecule has 7 heteroatoms. The molecule has 1 aromatic heterocycles. The largest absolute Gasteiger partial charge is 0.493 e. The highest BCUT2D eigenvalue weighted by molar-refractivity contribution is 9.10. The summed E-state index contributed by atoms with van der Waals surface area (Å²) in [4.78, 5) is 12.8. The van der Waals surface area contributed by atoms with Gasteiger partial charge in [0.2, 0.25) is 0 Å². The Balaban J connectivity index is 1.63. The number of hydrogen-bond acceptors (Lipinski definition) is 3. The Hall–Kier alpha value is -2.46. The van der Waals surface area contributed by atoms with Gasteiger partial charge in [-0.2, -0.15) is 5.26 Å². The molecule has 2 heterocycles. The fraction of sp³-hybridized carbons (Fsp3) is 0.400. The van der Waals surface area contributed by atoms with Gasteiger partial charge in [-0.3, -0.25) is 0 Å². The highest BCUT2D eigenvalue weighted by atomic mass is 79.9. The van der Waals surface area contributed by atoms with E-state index in [2.05, 4.69) is 22.0 Å². The summed E-state index contributed by atoms with van der Waals surface area (Å²) in [6.07, 6.45) is 1.40. The van der Waals surface area contributed by atoms with Crippen LogP contribution in [0.5, 0.6) is 5.75 Å². The van der Waals surface area contributed by atoms with Crippen molar-refractivity contribution in [1.29, 1.82) is 5.26 Å². The topological polar surface area (TPSA) is 78.5 Å². The molecule has 1 unspecified atom stereocenters. The fourth-order valence-electron chi connectivity index (χ4n) is 3.55. The van der Waals surface area contributed by atoms with Crippen molar-refractivity contribution in [3.8, 4) is 11.8 Å². The quantitative estimate of drug-likeness (QED) is 0.722. The van der Waals surface area contributed by atoms with E-state index in [9.17, 15) is 9.90 Å². The summed E-state index contributed by atoms with van der Waals surface area (Å²) in [6, 6.07) is 9.78. The Morgan fingerprint density at radius 1 is 1.48 bits per heavy atom. The minimum Gasteiger partial charge on any atom is -0.493 e. The molecule has 142 valence electrons. The van der Waals surface area contributed by atoms with E-state index < -0.39 is 6.09 Å². The maximum atomic E-state index is 11.4.